The van der Waals surface area contributed by atoms with E-state index >= 15 is 0 Å². The topological polar surface area (TPSA) is 64.1 Å². The molecule has 2 fully saturated rings. The van der Waals surface area contributed by atoms with Gasteiger partial charge in [-0.15, -0.1) is 12.4 Å². The SMILES string of the molecule is CCC1CCCCN1C(=O)CN1CCCC(N(C)CC(=O)O)CC1.Cl. The lowest BCUT2D eigenvalue weighted by Gasteiger charge is -2.36. The van der Waals surface area contributed by atoms with Crippen LogP contribution in [-0.4, -0.2) is 83.5 Å². The third-order valence-corrected chi connectivity index (χ3v) is 5.58. The Morgan fingerprint density at radius 2 is 1.84 bits per heavy atom. The minimum Gasteiger partial charge on any atom is -0.480 e. The largest absolute Gasteiger partial charge is 0.480 e. The quantitative estimate of drug-likeness (QED) is 0.769. The summed E-state index contributed by atoms with van der Waals surface area (Å²) in [6, 6.07) is 0.729. The summed E-state index contributed by atoms with van der Waals surface area (Å²) in [4.78, 5) is 29.9. The highest BCUT2D eigenvalue weighted by Gasteiger charge is 2.28. The van der Waals surface area contributed by atoms with E-state index in [1.165, 1.54) is 6.42 Å². The first-order valence-electron chi connectivity index (χ1n) is 9.45. The molecule has 0 aliphatic carbocycles. The zero-order chi connectivity index (χ0) is 17.5. The van der Waals surface area contributed by atoms with Crippen molar-refractivity contribution in [2.24, 2.45) is 0 Å². The van der Waals surface area contributed by atoms with Gasteiger partial charge in [0, 0.05) is 25.2 Å². The van der Waals surface area contributed by atoms with E-state index in [9.17, 15) is 9.59 Å². The van der Waals surface area contributed by atoms with E-state index in [1.807, 2.05) is 11.9 Å². The predicted molar refractivity (Wildman–Crippen MR) is 101 cm³/mol. The van der Waals surface area contributed by atoms with Crippen molar-refractivity contribution in [3.63, 3.8) is 0 Å². The van der Waals surface area contributed by atoms with Crippen LogP contribution in [0.5, 0.6) is 0 Å². The second kappa shape index (κ2) is 11.0. The van der Waals surface area contributed by atoms with Gasteiger partial charge < -0.3 is 10.0 Å². The van der Waals surface area contributed by atoms with Crippen LogP contribution in [0.2, 0.25) is 0 Å². The van der Waals surface area contributed by atoms with E-state index in [2.05, 4.69) is 16.7 Å². The molecule has 1 amide bonds. The number of carbonyl (C=O) groups is 2. The maximum Gasteiger partial charge on any atom is 0.317 e. The van der Waals surface area contributed by atoms with Crippen molar-refractivity contribution < 1.29 is 14.7 Å². The Bertz CT molecular complexity index is 436. The number of hydrogen-bond donors (Lipinski definition) is 1. The van der Waals surface area contributed by atoms with Gasteiger partial charge in [0.1, 0.15) is 0 Å². The summed E-state index contributed by atoms with van der Waals surface area (Å²) >= 11 is 0. The number of aliphatic carboxylic acids is 1. The molecule has 0 saturated carbocycles. The third-order valence-electron chi connectivity index (χ3n) is 5.58. The monoisotopic (exact) mass is 375 g/mol. The maximum absolute atomic E-state index is 12.7. The van der Waals surface area contributed by atoms with E-state index in [4.69, 9.17) is 5.11 Å². The number of likely N-dealkylation sites (N-methyl/N-ethyl adjacent to an activating group) is 1. The lowest BCUT2D eigenvalue weighted by molar-refractivity contribution is -0.138. The molecule has 1 N–H and O–H groups in total. The zero-order valence-electron chi connectivity index (χ0n) is 15.7. The molecule has 0 aromatic carbocycles. The minimum absolute atomic E-state index is 0. The molecule has 6 nitrogen and oxygen atoms in total. The highest BCUT2D eigenvalue weighted by atomic mass is 35.5. The van der Waals surface area contributed by atoms with E-state index < -0.39 is 5.97 Å². The molecule has 0 bridgehead atoms. The van der Waals surface area contributed by atoms with Gasteiger partial charge in [-0.05, 0) is 58.5 Å². The summed E-state index contributed by atoms with van der Waals surface area (Å²) in [7, 11) is 1.89. The van der Waals surface area contributed by atoms with E-state index in [0.29, 0.717) is 18.6 Å². The second-order valence-corrected chi connectivity index (χ2v) is 7.31. The van der Waals surface area contributed by atoms with Crippen LogP contribution in [0.1, 0.15) is 51.9 Å². The first-order valence-corrected chi connectivity index (χ1v) is 9.45. The molecule has 7 heteroatoms. The first kappa shape index (κ1) is 22.2. The number of likely N-dealkylation sites (tertiary alicyclic amines) is 2. The lowest BCUT2D eigenvalue weighted by atomic mass is 10.00. The summed E-state index contributed by atoms with van der Waals surface area (Å²) in [6.07, 6.45) is 7.54. The fourth-order valence-corrected chi connectivity index (χ4v) is 4.12. The van der Waals surface area contributed by atoms with Gasteiger partial charge in [0.05, 0.1) is 13.1 Å². The Morgan fingerprint density at radius 3 is 2.52 bits per heavy atom. The van der Waals surface area contributed by atoms with E-state index in [1.54, 1.807) is 0 Å². The van der Waals surface area contributed by atoms with Gasteiger partial charge in [0.2, 0.25) is 5.91 Å². The van der Waals surface area contributed by atoms with Crippen LogP contribution in [-0.2, 0) is 9.59 Å². The highest BCUT2D eigenvalue weighted by Crippen LogP contribution is 2.21. The van der Waals surface area contributed by atoms with E-state index in [0.717, 1.165) is 58.2 Å². The number of piperidine rings is 1. The average Bonchev–Trinajstić information content (AvgIpc) is 2.79. The van der Waals surface area contributed by atoms with Crippen LogP contribution < -0.4 is 0 Å². The molecule has 0 radical (unpaired) electrons. The van der Waals surface area contributed by atoms with Crippen LogP contribution in [0.25, 0.3) is 0 Å². The predicted octanol–water partition coefficient (Wildman–Crippen LogP) is 2.07. The number of amides is 1. The summed E-state index contributed by atoms with van der Waals surface area (Å²) in [5.41, 5.74) is 0. The lowest BCUT2D eigenvalue weighted by Crippen LogP contribution is -2.48. The van der Waals surface area contributed by atoms with Gasteiger partial charge in [0.25, 0.3) is 0 Å². The molecule has 0 aromatic heterocycles. The fourth-order valence-electron chi connectivity index (χ4n) is 4.12. The van der Waals surface area contributed by atoms with Gasteiger partial charge in [-0.1, -0.05) is 6.92 Å². The van der Waals surface area contributed by atoms with Gasteiger partial charge in [-0.25, -0.2) is 0 Å². The molecular weight excluding hydrogens is 342 g/mol. The molecule has 2 rings (SSSR count). The highest BCUT2D eigenvalue weighted by molar-refractivity contribution is 5.85. The van der Waals surface area contributed by atoms with E-state index in [-0.39, 0.29) is 24.9 Å². The van der Waals surface area contributed by atoms with Gasteiger partial charge in [-0.3, -0.25) is 19.4 Å². The number of nitrogens with zero attached hydrogens (tertiary/aromatic N) is 3. The Labute approximate surface area is 157 Å². The molecule has 2 unspecified atom stereocenters. The summed E-state index contributed by atoms with van der Waals surface area (Å²) in [5, 5.41) is 8.95. The number of hydrogen-bond acceptors (Lipinski definition) is 4. The number of carboxylic acids is 1. The molecule has 2 aliphatic rings. The zero-order valence-corrected chi connectivity index (χ0v) is 16.5. The average molecular weight is 376 g/mol. The van der Waals surface area contributed by atoms with Crippen molar-refractivity contribution in [1.29, 1.82) is 0 Å². The normalized spacial score (nSPS) is 25.3. The van der Waals surface area contributed by atoms with Crippen LogP contribution in [0, 0.1) is 0 Å². The standard InChI is InChI=1S/C18H33N3O3.ClH/c1-3-15-7-4-5-11-21(15)17(22)13-20-10-6-8-16(9-12-20)19(2)14-18(23)24;/h15-16H,3-14H2,1-2H3,(H,23,24);1H. The minimum atomic E-state index is -0.774. The Kier molecular flexibility index (Phi) is 9.75. The van der Waals surface area contributed by atoms with Gasteiger partial charge in [-0.2, -0.15) is 0 Å². The molecular formula is C18H34ClN3O3. The molecule has 2 aliphatic heterocycles. The molecule has 0 spiro atoms. The van der Waals surface area contributed by atoms with Gasteiger partial charge >= 0.3 is 5.97 Å². The molecule has 2 atom stereocenters. The van der Waals surface area contributed by atoms with Crippen molar-refractivity contribution in [2.75, 3.05) is 39.8 Å². The van der Waals surface area contributed by atoms with Crippen LogP contribution >= 0.6 is 12.4 Å². The molecule has 146 valence electrons. The Hall–Kier alpha value is -0.850. The first-order chi connectivity index (χ1) is 11.5. The molecule has 2 heterocycles. The van der Waals surface area contributed by atoms with Crippen LogP contribution in [0.15, 0.2) is 0 Å². The Balaban J connectivity index is 0.00000312. The number of carbonyl (C=O) groups excluding carboxylic acids is 1. The number of halogens is 1. The van der Waals surface area contributed by atoms with Crippen LogP contribution in [0.3, 0.4) is 0 Å². The van der Waals surface area contributed by atoms with Crippen molar-refractivity contribution in [3.8, 4) is 0 Å². The third kappa shape index (κ3) is 6.76. The van der Waals surface area contributed by atoms with Crippen molar-refractivity contribution >= 4 is 24.3 Å². The summed E-state index contributed by atoms with van der Waals surface area (Å²) < 4.78 is 0. The smallest absolute Gasteiger partial charge is 0.317 e. The number of carboxylic acid groups (broad SMARTS) is 1. The van der Waals surface area contributed by atoms with Gasteiger partial charge in [0.15, 0.2) is 0 Å². The second-order valence-electron chi connectivity index (χ2n) is 7.31. The van der Waals surface area contributed by atoms with Crippen molar-refractivity contribution in [2.45, 2.75) is 64.0 Å². The summed E-state index contributed by atoms with van der Waals surface area (Å²) in [5.74, 6) is -0.497. The Morgan fingerprint density at radius 1 is 1.08 bits per heavy atom. The van der Waals surface area contributed by atoms with Crippen molar-refractivity contribution in [1.82, 2.24) is 14.7 Å². The molecule has 2 saturated heterocycles. The maximum atomic E-state index is 12.7. The molecule has 0 aromatic rings. The number of rotatable bonds is 6. The summed E-state index contributed by atoms with van der Waals surface area (Å²) in [6.45, 7) is 5.51. The fraction of sp³-hybridized carbons (Fsp3) is 0.889. The van der Waals surface area contributed by atoms with Crippen molar-refractivity contribution in [3.05, 3.63) is 0 Å². The van der Waals surface area contributed by atoms with Crippen LogP contribution in [0.4, 0.5) is 0 Å². The molecule has 25 heavy (non-hydrogen) atoms.